The van der Waals surface area contributed by atoms with Crippen LogP contribution in [-0.2, 0) is 0 Å². The zero-order chi connectivity index (χ0) is 20.8. The van der Waals surface area contributed by atoms with Gasteiger partial charge in [0.1, 0.15) is 11.3 Å². The lowest BCUT2D eigenvalue weighted by Gasteiger charge is -2.21. The van der Waals surface area contributed by atoms with Crippen molar-refractivity contribution in [2.75, 3.05) is 38.7 Å². The van der Waals surface area contributed by atoms with Crippen LogP contribution in [-0.4, -0.2) is 49.6 Å². The number of nitriles is 1. The van der Waals surface area contributed by atoms with Gasteiger partial charge in [0.15, 0.2) is 5.13 Å². The molecule has 3 rings (SSSR count). The maximum absolute atomic E-state index is 13.3. The van der Waals surface area contributed by atoms with E-state index >= 15 is 0 Å². The van der Waals surface area contributed by atoms with E-state index in [1.165, 1.54) is 11.3 Å². The molecule has 0 N–H and O–H groups in total. The number of fused-ring (bicyclic) bond motifs is 1. The van der Waals surface area contributed by atoms with E-state index in [-0.39, 0.29) is 5.91 Å². The summed E-state index contributed by atoms with van der Waals surface area (Å²) in [6, 6.07) is 14.6. The minimum Gasteiger partial charge on any atom is -0.492 e. The monoisotopic (exact) mass is 408 g/mol. The third-order valence-electron chi connectivity index (χ3n) is 4.39. The number of carbonyl (C=O) groups is 1. The molecule has 29 heavy (non-hydrogen) atoms. The molecule has 7 heteroatoms. The molecule has 0 spiro atoms. The number of nitrogens with zero attached hydrogens (tertiary/aromatic N) is 4. The Balaban J connectivity index is 1.96. The van der Waals surface area contributed by atoms with Crippen molar-refractivity contribution in [1.82, 2.24) is 9.88 Å². The Morgan fingerprint density at radius 3 is 2.59 bits per heavy atom. The lowest BCUT2D eigenvalue weighted by molar-refractivity contribution is 0.0986. The van der Waals surface area contributed by atoms with E-state index in [9.17, 15) is 4.79 Å². The number of anilines is 1. The second-order valence-corrected chi connectivity index (χ2v) is 7.84. The van der Waals surface area contributed by atoms with E-state index < -0.39 is 0 Å². The molecule has 0 fully saturated rings. The maximum Gasteiger partial charge on any atom is 0.260 e. The Hall–Kier alpha value is -2.95. The number of ether oxygens (including phenoxy) is 1. The average Bonchev–Trinajstić information content (AvgIpc) is 3.16. The third kappa shape index (κ3) is 4.91. The molecule has 0 aliphatic heterocycles. The van der Waals surface area contributed by atoms with Gasteiger partial charge in [-0.3, -0.25) is 9.69 Å². The van der Waals surface area contributed by atoms with Crippen molar-refractivity contribution >= 4 is 32.6 Å². The maximum atomic E-state index is 13.3. The predicted molar refractivity (Wildman–Crippen MR) is 117 cm³/mol. The molecule has 3 aromatic rings. The zero-order valence-electron chi connectivity index (χ0n) is 16.9. The van der Waals surface area contributed by atoms with Crippen molar-refractivity contribution in [3.63, 3.8) is 0 Å². The summed E-state index contributed by atoms with van der Waals surface area (Å²) < 4.78 is 6.68. The van der Waals surface area contributed by atoms with Crippen LogP contribution in [0.4, 0.5) is 5.13 Å². The van der Waals surface area contributed by atoms with Crippen molar-refractivity contribution in [3.05, 3.63) is 53.6 Å². The van der Waals surface area contributed by atoms with Gasteiger partial charge in [0, 0.05) is 12.1 Å². The summed E-state index contributed by atoms with van der Waals surface area (Å²) >= 11 is 1.48. The predicted octanol–water partition coefficient (Wildman–Crippen LogP) is 4.17. The molecular weight excluding hydrogens is 384 g/mol. The number of para-hydroxylation sites is 1. The third-order valence-corrected chi connectivity index (χ3v) is 5.44. The number of thiazole rings is 1. The largest absolute Gasteiger partial charge is 0.492 e. The molecule has 150 valence electrons. The average molecular weight is 409 g/mol. The van der Waals surface area contributed by atoms with Gasteiger partial charge in [-0.15, -0.1) is 0 Å². The normalized spacial score (nSPS) is 10.9. The molecule has 1 aromatic heterocycles. The molecule has 0 aliphatic carbocycles. The van der Waals surface area contributed by atoms with Crippen molar-refractivity contribution < 1.29 is 9.53 Å². The van der Waals surface area contributed by atoms with Gasteiger partial charge in [-0.2, -0.15) is 5.26 Å². The Labute approximate surface area is 175 Å². The highest BCUT2D eigenvalue weighted by molar-refractivity contribution is 7.22. The van der Waals surface area contributed by atoms with E-state index in [4.69, 9.17) is 15.0 Å². The van der Waals surface area contributed by atoms with E-state index in [0.29, 0.717) is 29.4 Å². The quantitative estimate of drug-likeness (QED) is 0.560. The molecule has 0 radical (unpaired) electrons. The highest BCUT2D eigenvalue weighted by Crippen LogP contribution is 2.34. The van der Waals surface area contributed by atoms with E-state index in [1.54, 1.807) is 29.2 Å². The first kappa shape index (κ1) is 20.8. The number of hydrogen-bond donors (Lipinski definition) is 0. The van der Waals surface area contributed by atoms with Crippen LogP contribution in [0.15, 0.2) is 42.5 Å². The number of aromatic nitrogens is 1. The van der Waals surface area contributed by atoms with Crippen molar-refractivity contribution in [3.8, 4) is 11.8 Å². The Morgan fingerprint density at radius 2 is 1.93 bits per heavy atom. The first-order chi connectivity index (χ1) is 14.0. The lowest BCUT2D eigenvalue weighted by atomic mass is 10.1. The van der Waals surface area contributed by atoms with Crippen LogP contribution in [0.25, 0.3) is 10.2 Å². The topological polar surface area (TPSA) is 69.5 Å². The molecule has 1 heterocycles. The molecule has 2 aromatic carbocycles. The van der Waals surface area contributed by atoms with Gasteiger partial charge in [-0.1, -0.05) is 17.4 Å². The van der Waals surface area contributed by atoms with Crippen molar-refractivity contribution in [2.45, 2.75) is 13.3 Å². The molecule has 0 atom stereocenters. The van der Waals surface area contributed by atoms with Crippen LogP contribution in [0, 0.1) is 11.3 Å². The summed E-state index contributed by atoms with van der Waals surface area (Å²) in [6.07, 6.45) is 0.823. The van der Waals surface area contributed by atoms with Crippen molar-refractivity contribution in [2.24, 2.45) is 0 Å². The highest BCUT2D eigenvalue weighted by atomic mass is 32.1. The van der Waals surface area contributed by atoms with Gasteiger partial charge in [-0.25, -0.2) is 4.98 Å². The van der Waals surface area contributed by atoms with Crippen LogP contribution in [0.5, 0.6) is 5.75 Å². The number of benzene rings is 2. The molecule has 0 saturated carbocycles. The van der Waals surface area contributed by atoms with Crippen molar-refractivity contribution in [1.29, 1.82) is 5.26 Å². The minimum atomic E-state index is -0.120. The zero-order valence-corrected chi connectivity index (χ0v) is 17.7. The standard InChI is InChI=1S/C22H24N4O2S/c1-4-28-18-7-5-8-19-20(18)24-22(29-19)26(14-6-13-25(2)3)21(27)17-11-9-16(15-23)10-12-17/h5,7-12H,4,6,13-14H2,1-3H3. The first-order valence-corrected chi connectivity index (χ1v) is 10.3. The summed E-state index contributed by atoms with van der Waals surface area (Å²) in [6.45, 7) is 3.92. The summed E-state index contributed by atoms with van der Waals surface area (Å²) in [5.74, 6) is 0.608. The highest BCUT2D eigenvalue weighted by Gasteiger charge is 2.22. The molecule has 6 nitrogen and oxygen atoms in total. The Bertz CT molecular complexity index is 1020. The second-order valence-electron chi connectivity index (χ2n) is 6.84. The number of amides is 1. The Kier molecular flexibility index (Phi) is 6.81. The van der Waals surface area contributed by atoms with Gasteiger partial charge >= 0.3 is 0 Å². The number of carbonyl (C=O) groups excluding carboxylic acids is 1. The van der Waals surface area contributed by atoms with E-state index in [0.717, 1.165) is 28.9 Å². The smallest absolute Gasteiger partial charge is 0.260 e. The molecule has 0 aliphatic rings. The van der Waals surface area contributed by atoms with Crippen LogP contribution in [0.3, 0.4) is 0 Å². The lowest BCUT2D eigenvalue weighted by Crippen LogP contribution is -2.33. The van der Waals surface area contributed by atoms with E-state index in [1.807, 2.05) is 39.2 Å². The molecular formula is C22H24N4O2S. The molecule has 0 unspecified atom stereocenters. The van der Waals surface area contributed by atoms with Crippen LogP contribution >= 0.6 is 11.3 Å². The molecule has 1 amide bonds. The van der Waals surface area contributed by atoms with Gasteiger partial charge in [0.05, 0.1) is 22.9 Å². The fraction of sp³-hybridized carbons (Fsp3) is 0.318. The first-order valence-electron chi connectivity index (χ1n) is 9.52. The van der Waals surface area contributed by atoms with Crippen LogP contribution in [0.1, 0.15) is 29.3 Å². The molecule has 0 bridgehead atoms. The van der Waals surface area contributed by atoms with Gasteiger partial charge < -0.3 is 9.64 Å². The summed E-state index contributed by atoms with van der Waals surface area (Å²) in [5, 5.41) is 9.66. The summed E-state index contributed by atoms with van der Waals surface area (Å²) in [5.41, 5.74) is 1.85. The van der Waals surface area contributed by atoms with Crippen LogP contribution in [0.2, 0.25) is 0 Å². The van der Waals surface area contributed by atoms with E-state index in [2.05, 4.69) is 11.0 Å². The molecule has 0 saturated heterocycles. The summed E-state index contributed by atoms with van der Waals surface area (Å²) in [7, 11) is 4.03. The van der Waals surface area contributed by atoms with Gasteiger partial charge in [-0.05, 0) is 70.4 Å². The van der Waals surface area contributed by atoms with Gasteiger partial charge in [0.2, 0.25) is 0 Å². The van der Waals surface area contributed by atoms with Gasteiger partial charge in [0.25, 0.3) is 5.91 Å². The van der Waals surface area contributed by atoms with Crippen LogP contribution < -0.4 is 9.64 Å². The number of hydrogen-bond acceptors (Lipinski definition) is 6. The number of rotatable bonds is 8. The second kappa shape index (κ2) is 9.50. The minimum absolute atomic E-state index is 0.120. The SMILES string of the molecule is CCOc1cccc2sc(N(CCCN(C)C)C(=O)c3ccc(C#N)cc3)nc12. The Morgan fingerprint density at radius 1 is 1.17 bits per heavy atom. The fourth-order valence-electron chi connectivity index (χ4n) is 2.97. The summed E-state index contributed by atoms with van der Waals surface area (Å²) in [4.78, 5) is 21.8. The fourth-order valence-corrected chi connectivity index (χ4v) is 3.98.